The van der Waals surface area contributed by atoms with E-state index in [4.69, 9.17) is 10.2 Å². The molecular weight excluding hydrogens is 224 g/mol. The first-order chi connectivity index (χ1) is 8.61. The van der Waals surface area contributed by atoms with Crippen molar-refractivity contribution in [3.05, 3.63) is 41.5 Å². The third-order valence-corrected chi connectivity index (χ3v) is 3.03. The van der Waals surface area contributed by atoms with Gasteiger partial charge in [-0.05, 0) is 18.0 Å². The maximum Gasteiger partial charge on any atom is 0.191 e. The Balaban J connectivity index is 2.35. The monoisotopic (exact) mass is 244 g/mol. The molecule has 0 unspecified atom stereocenters. The molecule has 0 saturated heterocycles. The Bertz CT molecular complexity index is 512. The molecule has 2 N–H and O–H groups in total. The Labute approximate surface area is 108 Å². The minimum Gasteiger partial charge on any atom is -0.445 e. The van der Waals surface area contributed by atoms with E-state index in [1.807, 2.05) is 6.92 Å². The summed E-state index contributed by atoms with van der Waals surface area (Å²) in [4.78, 5) is 4.45. The number of aryl methyl sites for hydroxylation is 1. The van der Waals surface area contributed by atoms with Crippen LogP contribution in [0.5, 0.6) is 0 Å². The highest BCUT2D eigenvalue weighted by molar-refractivity contribution is 5.61. The van der Waals surface area contributed by atoms with Gasteiger partial charge in [0.1, 0.15) is 11.5 Å². The molecule has 1 aromatic heterocycles. The second-order valence-corrected chi connectivity index (χ2v) is 4.82. The summed E-state index contributed by atoms with van der Waals surface area (Å²) in [6.45, 7) is 6.82. The van der Waals surface area contributed by atoms with Gasteiger partial charge in [0.25, 0.3) is 0 Å². The standard InChI is InChI=1S/C15H20N2O/c1-10(2)12-4-6-13(7-5-12)15-14(8-9-16)18-11(3)17-15/h4-7,10H,8-9,16H2,1-3H3. The van der Waals surface area contributed by atoms with Gasteiger partial charge in [0.2, 0.25) is 0 Å². The molecule has 0 atom stereocenters. The molecule has 2 aromatic rings. The van der Waals surface area contributed by atoms with Crippen LogP contribution in [0, 0.1) is 6.92 Å². The predicted octanol–water partition coefficient (Wildman–Crippen LogP) is 3.27. The van der Waals surface area contributed by atoms with Gasteiger partial charge in [0, 0.05) is 18.9 Å². The van der Waals surface area contributed by atoms with Crippen LogP contribution in [0.25, 0.3) is 11.3 Å². The molecule has 3 heteroatoms. The zero-order chi connectivity index (χ0) is 13.1. The lowest BCUT2D eigenvalue weighted by molar-refractivity contribution is 0.476. The predicted molar refractivity (Wildman–Crippen MR) is 73.5 cm³/mol. The fourth-order valence-electron chi connectivity index (χ4n) is 2.02. The lowest BCUT2D eigenvalue weighted by atomic mass is 10.0. The van der Waals surface area contributed by atoms with Crippen LogP contribution < -0.4 is 5.73 Å². The first kappa shape index (κ1) is 12.8. The van der Waals surface area contributed by atoms with E-state index in [9.17, 15) is 0 Å². The molecule has 3 nitrogen and oxygen atoms in total. The normalized spacial score (nSPS) is 11.2. The van der Waals surface area contributed by atoms with Crippen molar-refractivity contribution >= 4 is 0 Å². The van der Waals surface area contributed by atoms with Crippen LogP contribution in [0.2, 0.25) is 0 Å². The van der Waals surface area contributed by atoms with E-state index in [1.165, 1.54) is 5.56 Å². The lowest BCUT2D eigenvalue weighted by Gasteiger charge is -2.06. The molecule has 1 aromatic carbocycles. The first-order valence-corrected chi connectivity index (χ1v) is 6.38. The molecule has 96 valence electrons. The van der Waals surface area contributed by atoms with Crippen molar-refractivity contribution in [2.75, 3.05) is 6.54 Å². The van der Waals surface area contributed by atoms with Gasteiger partial charge >= 0.3 is 0 Å². The summed E-state index contributed by atoms with van der Waals surface area (Å²) in [6.07, 6.45) is 0.724. The minimum atomic E-state index is 0.543. The van der Waals surface area contributed by atoms with Gasteiger partial charge in [0.15, 0.2) is 5.89 Å². The van der Waals surface area contributed by atoms with Gasteiger partial charge in [-0.25, -0.2) is 4.98 Å². The minimum absolute atomic E-state index is 0.543. The quantitative estimate of drug-likeness (QED) is 0.898. The van der Waals surface area contributed by atoms with E-state index in [0.717, 1.165) is 23.4 Å². The van der Waals surface area contributed by atoms with Crippen molar-refractivity contribution in [1.29, 1.82) is 0 Å². The van der Waals surface area contributed by atoms with Crippen molar-refractivity contribution in [1.82, 2.24) is 4.98 Å². The van der Waals surface area contributed by atoms with E-state index in [2.05, 4.69) is 43.1 Å². The summed E-state index contributed by atoms with van der Waals surface area (Å²) in [5, 5.41) is 0. The Morgan fingerprint density at radius 1 is 1.22 bits per heavy atom. The van der Waals surface area contributed by atoms with Crippen LogP contribution in [-0.2, 0) is 6.42 Å². The van der Waals surface area contributed by atoms with Crippen LogP contribution >= 0.6 is 0 Å². The SMILES string of the molecule is Cc1nc(-c2ccc(C(C)C)cc2)c(CCN)o1. The lowest BCUT2D eigenvalue weighted by Crippen LogP contribution is -2.02. The number of oxazole rings is 1. The summed E-state index contributed by atoms with van der Waals surface area (Å²) < 4.78 is 5.60. The molecule has 0 aliphatic heterocycles. The van der Waals surface area contributed by atoms with E-state index in [1.54, 1.807) is 0 Å². The first-order valence-electron chi connectivity index (χ1n) is 6.38. The van der Waals surface area contributed by atoms with Gasteiger partial charge in [0.05, 0.1) is 0 Å². The molecule has 2 rings (SSSR count). The highest BCUT2D eigenvalue weighted by atomic mass is 16.4. The average molecular weight is 244 g/mol. The second-order valence-electron chi connectivity index (χ2n) is 4.82. The van der Waals surface area contributed by atoms with E-state index < -0.39 is 0 Å². The van der Waals surface area contributed by atoms with E-state index in [-0.39, 0.29) is 0 Å². The zero-order valence-electron chi connectivity index (χ0n) is 11.2. The summed E-state index contributed by atoms with van der Waals surface area (Å²) in [5.74, 6) is 2.12. The van der Waals surface area contributed by atoms with Crippen molar-refractivity contribution in [3.63, 3.8) is 0 Å². The number of aromatic nitrogens is 1. The Morgan fingerprint density at radius 2 is 1.89 bits per heavy atom. The maximum absolute atomic E-state index is 5.60. The third-order valence-electron chi connectivity index (χ3n) is 3.03. The van der Waals surface area contributed by atoms with Crippen molar-refractivity contribution in [2.45, 2.75) is 33.1 Å². The smallest absolute Gasteiger partial charge is 0.191 e. The van der Waals surface area contributed by atoms with Gasteiger partial charge in [-0.1, -0.05) is 38.1 Å². The number of hydrogen-bond acceptors (Lipinski definition) is 3. The molecule has 1 heterocycles. The number of nitrogens with zero attached hydrogens (tertiary/aromatic N) is 1. The second kappa shape index (κ2) is 5.36. The Hall–Kier alpha value is -1.61. The molecule has 0 aliphatic rings. The number of hydrogen-bond donors (Lipinski definition) is 1. The molecule has 0 aliphatic carbocycles. The fourth-order valence-corrected chi connectivity index (χ4v) is 2.02. The van der Waals surface area contributed by atoms with Crippen LogP contribution in [-0.4, -0.2) is 11.5 Å². The van der Waals surface area contributed by atoms with Gasteiger partial charge in [-0.3, -0.25) is 0 Å². The van der Waals surface area contributed by atoms with E-state index in [0.29, 0.717) is 18.4 Å². The molecule has 0 bridgehead atoms. The zero-order valence-corrected chi connectivity index (χ0v) is 11.2. The molecule has 0 amide bonds. The van der Waals surface area contributed by atoms with Gasteiger partial charge < -0.3 is 10.2 Å². The Morgan fingerprint density at radius 3 is 2.44 bits per heavy atom. The van der Waals surface area contributed by atoms with Crippen molar-refractivity contribution < 1.29 is 4.42 Å². The van der Waals surface area contributed by atoms with Crippen LogP contribution in [0.3, 0.4) is 0 Å². The average Bonchev–Trinajstić information content (AvgIpc) is 2.71. The maximum atomic E-state index is 5.60. The largest absolute Gasteiger partial charge is 0.445 e. The fraction of sp³-hybridized carbons (Fsp3) is 0.400. The van der Waals surface area contributed by atoms with Crippen LogP contribution in [0.4, 0.5) is 0 Å². The van der Waals surface area contributed by atoms with Crippen molar-refractivity contribution in [3.8, 4) is 11.3 Å². The van der Waals surface area contributed by atoms with Crippen LogP contribution in [0.15, 0.2) is 28.7 Å². The number of benzene rings is 1. The van der Waals surface area contributed by atoms with Gasteiger partial charge in [-0.15, -0.1) is 0 Å². The summed E-state index contributed by atoms with van der Waals surface area (Å²) in [5.41, 5.74) is 8.95. The highest BCUT2D eigenvalue weighted by Gasteiger charge is 2.12. The summed E-state index contributed by atoms with van der Waals surface area (Å²) >= 11 is 0. The number of nitrogens with two attached hydrogens (primary N) is 1. The molecule has 0 fully saturated rings. The third kappa shape index (κ3) is 2.62. The van der Waals surface area contributed by atoms with Gasteiger partial charge in [-0.2, -0.15) is 0 Å². The number of rotatable bonds is 4. The topological polar surface area (TPSA) is 52.0 Å². The highest BCUT2D eigenvalue weighted by Crippen LogP contribution is 2.26. The van der Waals surface area contributed by atoms with Crippen LogP contribution in [0.1, 0.15) is 37.0 Å². The molecule has 18 heavy (non-hydrogen) atoms. The van der Waals surface area contributed by atoms with Crippen molar-refractivity contribution in [2.24, 2.45) is 5.73 Å². The molecular formula is C15H20N2O. The summed E-state index contributed by atoms with van der Waals surface area (Å²) in [6, 6.07) is 8.51. The Kier molecular flexibility index (Phi) is 3.82. The molecule has 0 radical (unpaired) electrons. The molecule has 0 spiro atoms. The van der Waals surface area contributed by atoms with E-state index >= 15 is 0 Å². The summed E-state index contributed by atoms with van der Waals surface area (Å²) in [7, 11) is 0. The molecule has 0 saturated carbocycles.